The summed E-state index contributed by atoms with van der Waals surface area (Å²) >= 11 is 0. The minimum atomic E-state index is -0.928. The third-order valence-electron chi connectivity index (χ3n) is 3.81. The standard InChI is InChI=1S/C13H19N3O2/c1-8-9(2)14-15-11(10(8)12(17)18)16-7-5-6-13(16,3)4/h5-7H2,1-4H3,(H,17,18). The first-order valence-corrected chi connectivity index (χ1v) is 6.19. The summed E-state index contributed by atoms with van der Waals surface area (Å²) in [4.78, 5) is 13.5. The Morgan fingerprint density at radius 2 is 2.00 bits per heavy atom. The van der Waals surface area contributed by atoms with Crippen LogP contribution in [0.2, 0.25) is 0 Å². The number of anilines is 1. The Morgan fingerprint density at radius 1 is 1.33 bits per heavy atom. The Balaban J connectivity index is 2.58. The average molecular weight is 249 g/mol. The van der Waals surface area contributed by atoms with E-state index in [9.17, 15) is 9.90 Å². The number of aromatic carboxylic acids is 1. The molecule has 0 radical (unpaired) electrons. The summed E-state index contributed by atoms with van der Waals surface area (Å²) in [5.41, 5.74) is 1.61. The van der Waals surface area contributed by atoms with Gasteiger partial charge < -0.3 is 10.0 Å². The van der Waals surface area contributed by atoms with Gasteiger partial charge in [0.05, 0.1) is 5.69 Å². The fourth-order valence-corrected chi connectivity index (χ4v) is 2.54. The topological polar surface area (TPSA) is 66.3 Å². The zero-order valence-corrected chi connectivity index (χ0v) is 11.3. The summed E-state index contributed by atoms with van der Waals surface area (Å²) in [6.07, 6.45) is 2.10. The van der Waals surface area contributed by atoms with Crippen molar-refractivity contribution in [2.75, 3.05) is 11.4 Å². The molecule has 1 saturated heterocycles. The Hall–Kier alpha value is -1.65. The molecule has 0 unspecified atom stereocenters. The lowest BCUT2D eigenvalue weighted by Crippen LogP contribution is -2.40. The van der Waals surface area contributed by atoms with E-state index in [0.29, 0.717) is 17.1 Å². The third-order valence-corrected chi connectivity index (χ3v) is 3.81. The second kappa shape index (κ2) is 4.23. The van der Waals surface area contributed by atoms with Crippen LogP contribution in [0.15, 0.2) is 0 Å². The van der Waals surface area contributed by atoms with Gasteiger partial charge in [-0.2, -0.15) is 5.10 Å². The molecule has 98 valence electrons. The first-order valence-electron chi connectivity index (χ1n) is 6.19. The minimum absolute atomic E-state index is 0.0550. The number of hydrogen-bond acceptors (Lipinski definition) is 4. The van der Waals surface area contributed by atoms with Gasteiger partial charge >= 0.3 is 5.97 Å². The lowest BCUT2D eigenvalue weighted by atomic mass is 10.0. The molecule has 2 rings (SSSR count). The first kappa shape index (κ1) is 12.8. The molecule has 1 aliphatic rings. The molecule has 1 aromatic rings. The monoisotopic (exact) mass is 249 g/mol. The second-order valence-corrected chi connectivity index (χ2v) is 5.48. The molecule has 0 atom stereocenters. The lowest BCUT2D eigenvalue weighted by Gasteiger charge is -2.33. The number of rotatable bonds is 2. The molecule has 0 saturated carbocycles. The number of carbonyl (C=O) groups is 1. The maximum Gasteiger partial charge on any atom is 0.339 e. The van der Waals surface area contributed by atoms with E-state index in [0.717, 1.165) is 19.4 Å². The number of aromatic nitrogens is 2. The Bertz CT molecular complexity index is 497. The van der Waals surface area contributed by atoms with Gasteiger partial charge in [0.1, 0.15) is 5.56 Å². The average Bonchev–Trinajstić information content (AvgIpc) is 2.61. The Morgan fingerprint density at radius 3 is 2.50 bits per heavy atom. The van der Waals surface area contributed by atoms with Crippen molar-refractivity contribution in [3.8, 4) is 0 Å². The van der Waals surface area contributed by atoms with Crippen LogP contribution >= 0.6 is 0 Å². The smallest absolute Gasteiger partial charge is 0.339 e. The number of hydrogen-bond donors (Lipinski definition) is 1. The molecule has 0 aliphatic carbocycles. The largest absolute Gasteiger partial charge is 0.478 e. The summed E-state index contributed by atoms with van der Waals surface area (Å²) in [6, 6.07) is 0. The van der Waals surface area contributed by atoms with Crippen LogP contribution in [-0.4, -0.2) is 33.4 Å². The Labute approximate surface area is 107 Å². The van der Waals surface area contributed by atoms with Crippen LogP contribution in [0, 0.1) is 13.8 Å². The van der Waals surface area contributed by atoms with Crippen molar-refractivity contribution in [1.29, 1.82) is 0 Å². The summed E-state index contributed by atoms with van der Waals surface area (Å²) in [5, 5.41) is 17.6. The van der Waals surface area contributed by atoms with Gasteiger partial charge in [0.25, 0.3) is 0 Å². The SMILES string of the molecule is Cc1nnc(N2CCCC2(C)C)c(C(=O)O)c1C. The van der Waals surface area contributed by atoms with Crippen molar-refractivity contribution in [3.05, 3.63) is 16.8 Å². The second-order valence-electron chi connectivity index (χ2n) is 5.48. The molecule has 1 fully saturated rings. The highest BCUT2D eigenvalue weighted by atomic mass is 16.4. The molecule has 1 aromatic heterocycles. The van der Waals surface area contributed by atoms with Gasteiger partial charge in [0.2, 0.25) is 0 Å². The molecular weight excluding hydrogens is 230 g/mol. The van der Waals surface area contributed by atoms with Crippen molar-refractivity contribution in [2.24, 2.45) is 0 Å². The number of carboxylic acid groups (broad SMARTS) is 1. The van der Waals surface area contributed by atoms with E-state index in [-0.39, 0.29) is 11.1 Å². The molecule has 1 aliphatic heterocycles. The van der Waals surface area contributed by atoms with Crippen LogP contribution in [0.1, 0.15) is 48.3 Å². The van der Waals surface area contributed by atoms with E-state index in [1.807, 2.05) is 0 Å². The summed E-state index contributed by atoms with van der Waals surface area (Å²) in [7, 11) is 0. The molecule has 0 spiro atoms. The van der Waals surface area contributed by atoms with Crippen LogP contribution in [0.5, 0.6) is 0 Å². The first-order chi connectivity index (χ1) is 8.34. The molecule has 18 heavy (non-hydrogen) atoms. The van der Waals surface area contributed by atoms with Gasteiger partial charge in [-0.25, -0.2) is 4.79 Å². The Kier molecular flexibility index (Phi) is 3.00. The quantitative estimate of drug-likeness (QED) is 0.870. The van der Waals surface area contributed by atoms with E-state index in [4.69, 9.17) is 0 Å². The maximum atomic E-state index is 11.5. The fourth-order valence-electron chi connectivity index (χ4n) is 2.54. The number of carboxylic acids is 1. The highest BCUT2D eigenvalue weighted by Gasteiger charge is 2.36. The van der Waals surface area contributed by atoms with E-state index in [2.05, 4.69) is 28.9 Å². The van der Waals surface area contributed by atoms with Crippen LogP contribution < -0.4 is 4.90 Å². The molecule has 5 nitrogen and oxygen atoms in total. The zero-order valence-electron chi connectivity index (χ0n) is 11.3. The van der Waals surface area contributed by atoms with Gasteiger partial charge in [0, 0.05) is 12.1 Å². The summed E-state index contributed by atoms with van der Waals surface area (Å²) < 4.78 is 0. The lowest BCUT2D eigenvalue weighted by molar-refractivity contribution is 0.0696. The molecule has 1 N–H and O–H groups in total. The number of aryl methyl sites for hydroxylation is 1. The van der Waals surface area contributed by atoms with Gasteiger partial charge in [-0.15, -0.1) is 5.10 Å². The van der Waals surface area contributed by atoms with Crippen LogP contribution in [-0.2, 0) is 0 Å². The normalized spacial score (nSPS) is 18.1. The highest BCUT2D eigenvalue weighted by Crippen LogP contribution is 2.35. The molecule has 0 amide bonds. The fraction of sp³-hybridized carbons (Fsp3) is 0.615. The van der Waals surface area contributed by atoms with Crippen LogP contribution in [0.4, 0.5) is 5.82 Å². The van der Waals surface area contributed by atoms with Gasteiger partial charge in [-0.05, 0) is 46.1 Å². The summed E-state index contributed by atoms with van der Waals surface area (Å²) in [6.45, 7) is 8.64. The summed E-state index contributed by atoms with van der Waals surface area (Å²) in [5.74, 6) is -0.420. The van der Waals surface area contributed by atoms with Gasteiger partial charge in [0.15, 0.2) is 5.82 Å². The van der Waals surface area contributed by atoms with E-state index < -0.39 is 5.97 Å². The third kappa shape index (κ3) is 1.94. The van der Waals surface area contributed by atoms with Crippen molar-refractivity contribution in [2.45, 2.75) is 46.1 Å². The van der Waals surface area contributed by atoms with Crippen LogP contribution in [0.25, 0.3) is 0 Å². The molecule has 2 heterocycles. The maximum absolute atomic E-state index is 11.5. The number of nitrogens with zero attached hydrogens (tertiary/aromatic N) is 3. The highest BCUT2D eigenvalue weighted by molar-refractivity contribution is 5.95. The minimum Gasteiger partial charge on any atom is -0.478 e. The van der Waals surface area contributed by atoms with Crippen molar-refractivity contribution in [3.63, 3.8) is 0 Å². The predicted octanol–water partition coefficient (Wildman–Crippen LogP) is 2.17. The predicted molar refractivity (Wildman–Crippen MR) is 69.1 cm³/mol. The van der Waals surface area contributed by atoms with Crippen molar-refractivity contribution < 1.29 is 9.90 Å². The molecule has 0 aromatic carbocycles. The molecule has 0 bridgehead atoms. The van der Waals surface area contributed by atoms with Gasteiger partial charge in [-0.3, -0.25) is 0 Å². The van der Waals surface area contributed by atoms with Crippen molar-refractivity contribution in [1.82, 2.24) is 10.2 Å². The van der Waals surface area contributed by atoms with E-state index in [1.54, 1.807) is 13.8 Å². The van der Waals surface area contributed by atoms with E-state index >= 15 is 0 Å². The van der Waals surface area contributed by atoms with E-state index in [1.165, 1.54) is 0 Å². The zero-order chi connectivity index (χ0) is 13.5. The molecule has 5 heteroatoms. The molecular formula is C13H19N3O2. The van der Waals surface area contributed by atoms with Gasteiger partial charge in [-0.1, -0.05) is 0 Å². The van der Waals surface area contributed by atoms with Crippen molar-refractivity contribution >= 4 is 11.8 Å². The van der Waals surface area contributed by atoms with Crippen LogP contribution in [0.3, 0.4) is 0 Å².